The lowest BCUT2D eigenvalue weighted by Crippen LogP contribution is -2.52. The molecule has 0 N–H and O–H groups in total. The Morgan fingerprint density at radius 3 is 1.08 bits per heavy atom. The summed E-state index contributed by atoms with van der Waals surface area (Å²) in [5.74, 6) is 5.51. The molecule has 0 aliphatic carbocycles. The molecule has 16 heteroatoms. The molecule has 0 fully saturated rings. The zero-order chi connectivity index (χ0) is 52.0. The van der Waals surface area contributed by atoms with Gasteiger partial charge in [-0.15, -0.1) is 0 Å². The third-order valence-electron chi connectivity index (χ3n) is 14.5. The summed E-state index contributed by atoms with van der Waals surface area (Å²) in [7, 11) is 20.8. The fourth-order valence-electron chi connectivity index (χ4n) is 10.5. The lowest BCUT2D eigenvalue weighted by molar-refractivity contribution is -0.941. The van der Waals surface area contributed by atoms with Gasteiger partial charge in [0.2, 0.25) is 11.5 Å². The summed E-state index contributed by atoms with van der Waals surface area (Å²) in [5, 5.41) is 0. The Morgan fingerprint density at radius 2 is 0.778 bits per heavy atom. The third-order valence-corrected chi connectivity index (χ3v) is 14.5. The minimum atomic E-state index is -0.353. The first-order valence-electron chi connectivity index (χ1n) is 24.5. The molecule has 2 aliphatic heterocycles. The van der Waals surface area contributed by atoms with Gasteiger partial charge < -0.3 is 65.8 Å². The first-order chi connectivity index (χ1) is 34.7. The SMILES string of the molecule is COc1cc2c(cc1OC)[C@@H](Cc1cc(OC)c(OC)c(OC)c1)[N@@+](C)(CCCOC(=O)C/C=C/CC(=O)OCCC[N@+]1(C)CCc3cc(OC)c(OC)cc3[C@@H]1Cc1cc(OC)c(OC)c(OC)c1)CC2. The molecule has 0 aromatic heterocycles. The van der Waals surface area contributed by atoms with Gasteiger partial charge in [0.05, 0.1) is 137 Å². The molecule has 16 nitrogen and oxygen atoms in total. The molecule has 4 aromatic carbocycles. The van der Waals surface area contributed by atoms with Crippen molar-refractivity contribution in [2.75, 3.05) is 125 Å². The lowest BCUT2D eigenvalue weighted by atomic mass is 9.86. The molecular formula is C56H76N2O14+2. The van der Waals surface area contributed by atoms with Gasteiger partial charge in [-0.1, -0.05) is 12.2 Å². The fourth-order valence-corrected chi connectivity index (χ4v) is 10.5. The largest absolute Gasteiger partial charge is 0.493 e. The highest BCUT2D eigenvalue weighted by Crippen LogP contribution is 2.47. The summed E-state index contributed by atoms with van der Waals surface area (Å²) in [6.07, 6.45) is 7.83. The maximum Gasteiger partial charge on any atom is 0.309 e. The smallest absolute Gasteiger partial charge is 0.309 e. The molecule has 0 saturated carbocycles. The quantitative estimate of drug-likeness (QED) is 0.0258. The predicted octanol–water partition coefficient (Wildman–Crippen LogP) is 8.25. The van der Waals surface area contributed by atoms with Crippen molar-refractivity contribution in [3.05, 3.63) is 94.1 Å². The fraction of sp³-hybridized carbons (Fsp3) is 0.500. The van der Waals surface area contributed by atoms with E-state index in [2.05, 4.69) is 38.4 Å². The lowest BCUT2D eigenvalue weighted by Gasteiger charge is -2.46. The molecular weight excluding hydrogens is 925 g/mol. The average Bonchev–Trinajstić information content (AvgIpc) is 3.40. The standard InChI is InChI=1S/C56H76N2O14/c1-57(23-19-39-33-45(61-3)47(63-5)35-41(39)43(57)27-37-29-49(65-7)55(69-11)50(30-37)66-8)21-15-25-71-53(59)17-13-14-18-54(60)72-26-16-22-58(2)24-20-40-34-46(62-4)48(64-6)36-42(40)44(58)28-38-31-51(67-9)56(70-12)52(32-38)68-10/h13-14,29-36,43-44H,15-28H2,1-12H3/q+2/b14-13+/t43-,44+,57+,58-. The molecule has 72 heavy (non-hydrogen) atoms. The molecule has 0 saturated heterocycles. The molecule has 6 rings (SSSR count). The van der Waals surface area contributed by atoms with E-state index < -0.39 is 0 Å². The number of carbonyl (C=O) groups excluding carboxylic acids is 2. The van der Waals surface area contributed by atoms with Crippen molar-refractivity contribution in [1.29, 1.82) is 0 Å². The van der Waals surface area contributed by atoms with Gasteiger partial charge >= 0.3 is 11.9 Å². The van der Waals surface area contributed by atoms with Gasteiger partial charge in [0.1, 0.15) is 12.1 Å². The van der Waals surface area contributed by atoms with Gasteiger partial charge in [-0.3, -0.25) is 9.59 Å². The van der Waals surface area contributed by atoms with Crippen LogP contribution in [0.25, 0.3) is 0 Å². The Kier molecular flexibility index (Phi) is 19.2. The molecule has 0 amide bonds. The molecule has 0 radical (unpaired) electrons. The second kappa shape index (κ2) is 25.2. The average molecular weight is 1000 g/mol. The number of nitrogens with zero attached hydrogens (tertiary/aromatic N) is 2. The van der Waals surface area contributed by atoms with E-state index in [0.717, 1.165) is 50.1 Å². The number of ether oxygens (including phenoxy) is 12. The number of rotatable bonds is 26. The van der Waals surface area contributed by atoms with Gasteiger partial charge in [0.15, 0.2) is 46.0 Å². The normalized spacial score (nSPS) is 19.1. The number of hydrogen-bond acceptors (Lipinski definition) is 14. The Labute approximate surface area is 425 Å². The van der Waals surface area contributed by atoms with Crippen molar-refractivity contribution in [3.63, 3.8) is 0 Å². The minimum Gasteiger partial charge on any atom is -0.493 e. The first kappa shape index (κ1) is 54.8. The van der Waals surface area contributed by atoms with Gasteiger partial charge in [-0.2, -0.15) is 0 Å². The molecule has 4 atom stereocenters. The number of quaternary nitrogens is 2. The second-order valence-electron chi connectivity index (χ2n) is 18.7. The highest BCUT2D eigenvalue weighted by molar-refractivity contribution is 5.73. The van der Waals surface area contributed by atoms with Crippen LogP contribution in [0.3, 0.4) is 0 Å². The van der Waals surface area contributed by atoms with E-state index in [1.165, 1.54) is 22.3 Å². The summed E-state index contributed by atoms with van der Waals surface area (Å²) in [6.45, 7) is 3.82. The summed E-state index contributed by atoms with van der Waals surface area (Å²) >= 11 is 0. The van der Waals surface area contributed by atoms with Crippen molar-refractivity contribution >= 4 is 11.9 Å². The van der Waals surface area contributed by atoms with Gasteiger partial charge in [-0.05, 0) is 70.8 Å². The Hall–Kier alpha value is -6.52. The Morgan fingerprint density at radius 1 is 0.458 bits per heavy atom. The van der Waals surface area contributed by atoms with E-state index in [-0.39, 0.29) is 50.1 Å². The minimum absolute atomic E-state index is 0.0357. The highest BCUT2D eigenvalue weighted by atomic mass is 16.6. The summed E-state index contributed by atoms with van der Waals surface area (Å²) in [4.78, 5) is 25.8. The van der Waals surface area contributed by atoms with E-state index >= 15 is 0 Å². The van der Waals surface area contributed by atoms with Gasteiger partial charge in [-0.25, -0.2) is 0 Å². The summed E-state index contributed by atoms with van der Waals surface area (Å²) < 4.78 is 69.7. The van der Waals surface area contributed by atoms with Crippen molar-refractivity contribution in [3.8, 4) is 57.5 Å². The van der Waals surface area contributed by atoms with E-state index in [1.54, 1.807) is 83.3 Å². The van der Waals surface area contributed by atoms with Crippen LogP contribution in [0.5, 0.6) is 57.5 Å². The van der Waals surface area contributed by atoms with E-state index in [0.29, 0.717) is 92.1 Å². The number of likely N-dealkylation sites (N-methyl/N-ethyl adjacent to an activating group) is 2. The molecule has 2 aliphatic rings. The van der Waals surface area contributed by atoms with Crippen LogP contribution >= 0.6 is 0 Å². The van der Waals surface area contributed by atoms with Crippen molar-refractivity contribution < 1.29 is 75.4 Å². The number of hydrogen-bond donors (Lipinski definition) is 0. The molecule has 0 unspecified atom stereocenters. The highest BCUT2D eigenvalue weighted by Gasteiger charge is 2.42. The molecule has 4 aromatic rings. The monoisotopic (exact) mass is 1000 g/mol. The van der Waals surface area contributed by atoms with Crippen molar-refractivity contribution in [1.82, 2.24) is 0 Å². The maximum absolute atomic E-state index is 12.9. The number of methoxy groups -OCH3 is 10. The maximum atomic E-state index is 12.9. The molecule has 392 valence electrons. The number of benzene rings is 4. The van der Waals surface area contributed by atoms with Crippen LogP contribution in [-0.4, -0.2) is 145 Å². The van der Waals surface area contributed by atoms with Crippen LogP contribution in [0.2, 0.25) is 0 Å². The van der Waals surface area contributed by atoms with Crippen LogP contribution in [0.15, 0.2) is 60.7 Å². The summed E-state index contributed by atoms with van der Waals surface area (Å²) in [6, 6.07) is 16.4. The Balaban J connectivity index is 1.01. The summed E-state index contributed by atoms with van der Waals surface area (Å²) in [5.41, 5.74) is 6.85. The van der Waals surface area contributed by atoms with Gasteiger partial charge in [0, 0.05) is 49.7 Å². The van der Waals surface area contributed by atoms with E-state index in [1.807, 2.05) is 24.3 Å². The number of esters is 2. The molecule has 0 bridgehead atoms. The second-order valence-corrected chi connectivity index (χ2v) is 18.7. The number of carbonyl (C=O) groups is 2. The van der Waals surface area contributed by atoms with Crippen LogP contribution in [-0.2, 0) is 44.7 Å². The van der Waals surface area contributed by atoms with Gasteiger partial charge in [0.25, 0.3) is 0 Å². The van der Waals surface area contributed by atoms with Crippen LogP contribution < -0.4 is 47.4 Å². The zero-order valence-corrected chi connectivity index (χ0v) is 44.4. The molecule has 0 spiro atoms. The van der Waals surface area contributed by atoms with E-state index in [4.69, 9.17) is 56.8 Å². The predicted molar refractivity (Wildman–Crippen MR) is 273 cm³/mol. The molecule has 2 heterocycles. The van der Waals surface area contributed by atoms with Crippen LogP contribution in [0.1, 0.15) is 71.1 Å². The third kappa shape index (κ3) is 12.6. The zero-order valence-electron chi connectivity index (χ0n) is 44.4. The Bertz CT molecular complexity index is 2310. The number of fused-ring (bicyclic) bond motifs is 2. The van der Waals surface area contributed by atoms with Crippen molar-refractivity contribution in [2.45, 2.75) is 63.5 Å². The van der Waals surface area contributed by atoms with E-state index in [9.17, 15) is 9.59 Å². The van der Waals surface area contributed by atoms with Crippen molar-refractivity contribution in [2.24, 2.45) is 0 Å². The van der Waals surface area contributed by atoms with Crippen LogP contribution in [0, 0.1) is 0 Å². The first-order valence-corrected chi connectivity index (χ1v) is 24.5. The topological polar surface area (TPSA) is 145 Å². The van der Waals surface area contributed by atoms with Crippen LogP contribution in [0.4, 0.5) is 0 Å².